The summed E-state index contributed by atoms with van der Waals surface area (Å²) in [5, 5.41) is 7.60. The Bertz CT molecular complexity index is 525. The summed E-state index contributed by atoms with van der Waals surface area (Å²) in [6, 6.07) is 0. The molecule has 0 amide bonds. The molecule has 0 radical (unpaired) electrons. The fourth-order valence-corrected chi connectivity index (χ4v) is 2.06. The number of hydrogen-bond donors (Lipinski definition) is 1. The van der Waals surface area contributed by atoms with Crippen molar-refractivity contribution in [1.82, 2.24) is 24.6 Å². The number of aryl methyl sites for hydroxylation is 1. The van der Waals surface area contributed by atoms with E-state index in [1.807, 2.05) is 50.2 Å². The Balaban J connectivity index is 1.80. The van der Waals surface area contributed by atoms with Gasteiger partial charge in [0.05, 0.1) is 18.1 Å². The van der Waals surface area contributed by atoms with E-state index < -0.39 is 0 Å². The van der Waals surface area contributed by atoms with Crippen LogP contribution in [0.5, 0.6) is 0 Å². The predicted octanol–water partition coefficient (Wildman–Crippen LogP) is 0.552. The lowest BCUT2D eigenvalue weighted by Crippen LogP contribution is -2.20. The van der Waals surface area contributed by atoms with Crippen molar-refractivity contribution in [2.45, 2.75) is 13.0 Å². The number of imidazole rings is 1. The maximum atomic E-state index is 4.39. The molecule has 0 aromatic carbocycles. The fourth-order valence-electron chi connectivity index (χ4n) is 2.06. The molecule has 0 bridgehead atoms. The van der Waals surface area contributed by atoms with Gasteiger partial charge in [-0.3, -0.25) is 4.68 Å². The molecule has 0 fully saturated rings. The van der Waals surface area contributed by atoms with E-state index in [1.54, 1.807) is 0 Å². The van der Waals surface area contributed by atoms with Crippen LogP contribution in [-0.4, -0.2) is 40.0 Å². The van der Waals surface area contributed by atoms with Crippen LogP contribution >= 0.6 is 0 Å². The largest absolute Gasteiger partial charge is 0.348 e. The molecule has 104 valence electrons. The lowest BCUT2D eigenvalue weighted by Gasteiger charge is -2.12. The zero-order valence-corrected chi connectivity index (χ0v) is 12.1. The van der Waals surface area contributed by atoms with Crippen LogP contribution in [0.15, 0.2) is 18.6 Å². The van der Waals surface area contributed by atoms with E-state index in [2.05, 4.69) is 26.2 Å². The van der Waals surface area contributed by atoms with Crippen LogP contribution < -0.4 is 10.2 Å². The summed E-state index contributed by atoms with van der Waals surface area (Å²) >= 11 is 0. The minimum atomic E-state index is 0.831. The van der Waals surface area contributed by atoms with Crippen LogP contribution in [0.4, 0.5) is 5.95 Å². The summed E-state index contributed by atoms with van der Waals surface area (Å²) in [4.78, 5) is 6.40. The van der Waals surface area contributed by atoms with Crippen molar-refractivity contribution >= 4 is 5.95 Å². The van der Waals surface area contributed by atoms with Crippen LogP contribution in [0, 0.1) is 0 Å². The zero-order valence-electron chi connectivity index (χ0n) is 12.1. The van der Waals surface area contributed by atoms with Gasteiger partial charge in [-0.15, -0.1) is 0 Å². The first kappa shape index (κ1) is 13.6. The second-order valence-corrected chi connectivity index (χ2v) is 4.95. The molecule has 0 unspecified atom stereocenters. The minimum absolute atomic E-state index is 0.831. The molecule has 0 atom stereocenters. The molecule has 6 nitrogen and oxygen atoms in total. The molecule has 0 saturated heterocycles. The fraction of sp³-hybridized carbons (Fsp3) is 0.538. The van der Waals surface area contributed by atoms with Gasteiger partial charge in [-0.25, -0.2) is 4.98 Å². The normalized spacial score (nSPS) is 10.9. The van der Waals surface area contributed by atoms with Crippen LogP contribution in [-0.2, 0) is 27.1 Å². The van der Waals surface area contributed by atoms with Gasteiger partial charge in [0.1, 0.15) is 0 Å². The van der Waals surface area contributed by atoms with Gasteiger partial charge in [-0.1, -0.05) is 0 Å². The second kappa shape index (κ2) is 5.88. The molecular formula is C13H22N6. The molecule has 0 aliphatic rings. The van der Waals surface area contributed by atoms with Gasteiger partial charge in [0.15, 0.2) is 0 Å². The van der Waals surface area contributed by atoms with Crippen molar-refractivity contribution in [3.63, 3.8) is 0 Å². The highest BCUT2D eigenvalue weighted by atomic mass is 15.3. The first-order chi connectivity index (χ1) is 9.08. The minimum Gasteiger partial charge on any atom is -0.348 e. The van der Waals surface area contributed by atoms with Gasteiger partial charge in [0.25, 0.3) is 0 Å². The highest BCUT2D eigenvalue weighted by Gasteiger charge is 2.07. The topological polar surface area (TPSA) is 50.9 Å². The first-order valence-corrected chi connectivity index (χ1v) is 6.44. The number of nitrogens with zero attached hydrogens (tertiary/aromatic N) is 5. The Labute approximate surface area is 114 Å². The SMILES string of the molecule is CN(C)c1ncc(CNCCc2cnn(C)c2)n1C. The van der Waals surface area contributed by atoms with Gasteiger partial charge < -0.3 is 14.8 Å². The Kier molecular flexibility index (Phi) is 4.21. The lowest BCUT2D eigenvalue weighted by atomic mass is 10.2. The second-order valence-electron chi connectivity index (χ2n) is 4.95. The molecular weight excluding hydrogens is 240 g/mol. The first-order valence-electron chi connectivity index (χ1n) is 6.44. The third-order valence-corrected chi connectivity index (χ3v) is 3.11. The van der Waals surface area contributed by atoms with Crippen molar-refractivity contribution in [1.29, 1.82) is 0 Å². The maximum absolute atomic E-state index is 4.39. The third-order valence-electron chi connectivity index (χ3n) is 3.11. The van der Waals surface area contributed by atoms with Crippen LogP contribution in [0.3, 0.4) is 0 Å². The van der Waals surface area contributed by atoms with E-state index in [1.165, 1.54) is 11.3 Å². The van der Waals surface area contributed by atoms with E-state index in [-0.39, 0.29) is 0 Å². The van der Waals surface area contributed by atoms with Crippen LogP contribution in [0.1, 0.15) is 11.3 Å². The standard InChI is InChI=1S/C13H22N6/c1-17(2)13-15-9-12(19(13)4)8-14-6-5-11-7-16-18(3)10-11/h7,9-10,14H,5-6,8H2,1-4H3. The average Bonchev–Trinajstić information content (AvgIpc) is 2.92. The molecule has 2 aromatic rings. The Morgan fingerprint density at radius 3 is 2.63 bits per heavy atom. The molecule has 2 rings (SSSR count). The third kappa shape index (κ3) is 3.35. The number of anilines is 1. The molecule has 19 heavy (non-hydrogen) atoms. The number of rotatable bonds is 6. The number of hydrogen-bond acceptors (Lipinski definition) is 4. The van der Waals surface area contributed by atoms with E-state index in [4.69, 9.17) is 0 Å². The van der Waals surface area contributed by atoms with E-state index in [0.717, 1.165) is 25.5 Å². The van der Waals surface area contributed by atoms with Gasteiger partial charge >= 0.3 is 0 Å². The monoisotopic (exact) mass is 262 g/mol. The lowest BCUT2D eigenvalue weighted by molar-refractivity contribution is 0.651. The van der Waals surface area contributed by atoms with Crippen molar-refractivity contribution < 1.29 is 0 Å². The van der Waals surface area contributed by atoms with Gasteiger partial charge in [0.2, 0.25) is 5.95 Å². The Morgan fingerprint density at radius 1 is 1.26 bits per heavy atom. The summed E-state index contributed by atoms with van der Waals surface area (Å²) in [6.45, 7) is 1.77. The van der Waals surface area contributed by atoms with E-state index >= 15 is 0 Å². The van der Waals surface area contributed by atoms with Crippen LogP contribution in [0.2, 0.25) is 0 Å². The van der Waals surface area contributed by atoms with Crippen molar-refractivity contribution in [2.24, 2.45) is 14.1 Å². The highest BCUT2D eigenvalue weighted by Crippen LogP contribution is 2.10. The predicted molar refractivity (Wildman–Crippen MR) is 76.2 cm³/mol. The molecule has 2 heterocycles. The number of nitrogens with one attached hydrogen (secondary N) is 1. The van der Waals surface area contributed by atoms with Crippen molar-refractivity contribution in [3.8, 4) is 0 Å². The summed E-state index contributed by atoms with van der Waals surface area (Å²) in [7, 11) is 7.99. The molecule has 0 spiro atoms. The summed E-state index contributed by atoms with van der Waals surface area (Å²) in [5.41, 5.74) is 2.45. The van der Waals surface area contributed by atoms with Gasteiger partial charge in [0, 0.05) is 40.9 Å². The number of aromatic nitrogens is 4. The summed E-state index contributed by atoms with van der Waals surface area (Å²) in [6.07, 6.45) is 6.88. The van der Waals surface area contributed by atoms with E-state index in [0.29, 0.717) is 0 Å². The van der Waals surface area contributed by atoms with Crippen LogP contribution in [0.25, 0.3) is 0 Å². The quantitative estimate of drug-likeness (QED) is 0.773. The molecule has 0 saturated carbocycles. The van der Waals surface area contributed by atoms with Gasteiger partial charge in [-0.05, 0) is 18.5 Å². The molecule has 0 aliphatic carbocycles. The van der Waals surface area contributed by atoms with E-state index in [9.17, 15) is 0 Å². The smallest absolute Gasteiger partial charge is 0.204 e. The molecule has 6 heteroatoms. The van der Waals surface area contributed by atoms with Gasteiger partial charge in [-0.2, -0.15) is 5.10 Å². The molecule has 2 aromatic heterocycles. The summed E-state index contributed by atoms with van der Waals surface area (Å²) < 4.78 is 3.94. The molecule has 0 aliphatic heterocycles. The average molecular weight is 262 g/mol. The maximum Gasteiger partial charge on any atom is 0.204 e. The Morgan fingerprint density at radius 2 is 2.05 bits per heavy atom. The highest BCUT2D eigenvalue weighted by molar-refractivity contribution is 5.30. The van der Waals surface area contributed by atoms with Crippen molar-refractivity contribution in [3.05, 3.63) is 29.8 Å². The molecule has 1 N–H and O–H groups in total. The van der Waals surface area contributed by atoms with Crippen molar-refractivity contribution in [2.75, 3.05) is 25.5 Å². The zero-order chi connectivity index (χ0) is 13.8. The Hall–Kier alpha value is -1.82. The summed E-state index contributed by atoms with van der Waals surface area (Å²) in [5.74, 6) is 0.976.